The molecule has 1 unspecified atom stereocenters. The average Bonchev–Trinajstić information content (AvgIpc) is 2.83. The van der Waals surface area contributed by atoms with E-state index in [1.54, 1.807) is 0 Å². The molecule has 0 bridgehead atoms. The summed E-state index contributed by atoms with van der Waals surface area (Å²) in [7, 11) is 0. The van der Waals surface area contributed by atoms with E-state index in [1.807, 2.05) is 0 Å². The first kappa shape index (κ1) is 14.1. The number of hydrogen-bond donors (Lipinski definition) is 2. The topological polar surface area (TPSA) is 69.6 Å². The van der Waals surface area contributed by atoms with Gasteiger partial charge < -0.3 is 15.3 Å². The van der Waals surface area contributed by atoms with Gasteiger partial charge in [-0.15, -0.1) is 11.8 Å². The van der Waals surface area contributed by atoms with Crippen molar-refractivity contribution in [1.29, 1.82) is 0 Å². The van der Waals surface area contributed by atoms with Gasteiger partial charge in [0, 0.05) is 10.2 Å². The lowest BCUT2D eigenvalue weighted by atomic mass is 10.3. The Balaban J connectivity index is 2.12. The van der Waals surface area contributed by atoms with Crippen molar-refractivity contribution >= 4 is 45.4 Å². The van der Waals surface area contributed by atoms with Crippen molar-refractivity contribution in [2.24, 2.45) is 0 Å². The predicted molar refractivity (Wildman–Crippen MR) is 73.7 cm³/mol. The quantitative estimate of drug-likeness (QED) is 0.861. The van der Waals surface area contributed by atoms with Crippen LogP contribution in [0.5, 0.6) is 0 Å². The highest BCUT2D eigenvalue weighted by Gasteiger charge is 2.34. The summed E-state index contributed by atoms with van der Waals surface area (Å²) in [4.78, 5) is 24.1. The summed E-state index contributed by atoms with van der Waals surface area (Å²) in [6, 6.07) is 2.66. The van der Waals surface area contributed by atoms with E-state index in [9.17, 15) is 14.0 Å². The number of carbonyl (C=O) groups is 2. The third kappa shape index (κ3) is 3.19. The molecule has 102 valence electrons. The van der Waals surface area contributed by atoms with Crippen LogP contribution in [0.15, 0.2) is 22.7 Å². The lowest BCUT2D eigenvalue weighted by Gasteiger charge is -2.21. The fourth-order valence-electron chi connectivity index (χ4n) is 1.63. The van der Waals surface area contributed by atoms with Gasteiger partial charge in [0.1, 0.15) is 11.9 Å². The Morgan fingerprint density at radius 3 is 2.95 bits per heavy atom. The monoisotopic (exact) mass is 348 g/mol. The Labute approximate surface area is 121 Å². The maximum atomic E-state index is 13.5. The molecular formula is C11H10BrFN2O3S. The maximum absolute atomic E-state index is 13.5. The van der Waals surface area contributed by atoms with Crippen LogP contribution in [0.2, 0.25) is 0 Å². The minimum absolute atomic E-state index is 0.0143. The highest BCUT2D eigenvalue weighted by molar-refractivity contribution is 9.10. The number of carboxylic acid groups (broad SMARTS) is 1. The summed E-state index contributed by atoms with van der Waals surface area (Å²) in [6.45, 7) is 0. The molecule has 0 aliphatic carbocycles. The number of aliphatic carboxylic acids is 1. The van der Waals surface area contributed by atoms with E-state index in [2.05, 4.69) is 21.2 Å². The molecule has 1 saturated heterocycles. The summed E-state index contributed by atoms with van der Waals surface area (Å²) in [5.41, 5.74) is 0.0143. The van der Waals surface area contributed by atoms with Gasteiger partial charge in [-0.25, -0.2) is 14.0 Å². The molecule has 19 heavy (non-hydrogen) atoms. The van der Waals surface area contributed by atoms with Crippen LogP contribution in [0.4, 0.5) is 14.9 Å². The van der Waals surface area contributed by atoms with Crippen LogP contribution in [0.25, 0.3) is 0 Å². The van der Waals surface area contributed by atoms with E-state index in [0.29, 0.717) is 10.2 Å². The first-order chi connectivity index (χ1) is 8.99. The molecule has 1 aromatic carbocycles. The van der Waals surface area contributed by atoms with Crippen LogP contribution in [0.1, 0.15) is 0 Å². The fourth-order valence-corrected chi connectivity index (χ4v) is 3.13. The highest BCUT2D eigenvalue weighted by Crippen LogP contribution is 2.24. The van der Waals surface area contributed by atoms with Gasteiger partial charge >= 0.3 is 12.0 Å². The van der Waals surface area contributed by atoms with Crippen molar-refractivity contribution in [3.63, 3.8) is 0 Å². The van der Waals surface area contributed by atoms with Crippen LogP contribution in [-0.4, -0.2) is 39.7 Å². The Bertz CT molecular complexity index is 529. The molecule has 5 nitrogen and oxygen atoms in total. The standard InChI is InChI=1S/C11H10BrFN2O3S/c12-6-1-2-7(13)8(3-6)14-11(18)15-5-19-4-9(15)10(16)17/h1-3,9H,4-5H2,(H,14,18)(H,16,17). The molecule has 1 aromatic rings. The molecule has 0 radical (unpaired) electrons. The molecule has 1 atom stereocenters. The highest BCUT2D eigenvalue weighted by atomic mass is 79.9. The number of nitrogens with zero attached hydrogens (tertiary/aromatic N) is 1. The largest absolute Gasteiger partial charge is 0.480 e. The number of urea groups is 1. The second-order valence-corrected chi connectivity index (χ2v) is 5.79. The Kier molecular flexibility index (Phi) is 4.31. The van der Waals surface area contributed by atoms with Crippen LogP contribution < -0.4 is 5.32 Å². The van der Waals surface area contributed by atoms with Crippen molar-refractivity contribution < 1.29 is 19.1 Å². The first-order valence-electron chi connectivity index (χ1n) is 5.32. The molecule has 1 heterocycles. The van der Waals surface area contributed by atoms with E-state index in [4.69, 9.17) is 5.11 Å². The third-order valence-corrected chi connectivity index (χ3v) is 4.10. The molecule has 1 aliphatic rings. The van der Waals surface area contributed by atoms with E-state index < -0.39 is 23.9 Å². The Morgan fingerprint density at radius 1 is 1.53 bits per heavy atom. The summed E-state index contributed by atoms with van der Waals surface area (Å²) in [6.07, 6.45) is 0. The van der Waals surface area contributed by atoms with Gasteiger partial charge in [0.2, 0.25) is 0 Å². The van der Waals surface area contributed by atoms with Gasteiger partial charge in [-0.1, -0.05) is 15.9 Å². The van der Waals surface area contributed by atoms with Gasteiger partial charge in [0.15, 0.2) is 0 Å². The van der Waals surface area contributed by atoms with Crippen molar-refractivity contribution in [3.8, 4) is 0 Å². The van der Waals surface area contributed by atoms with Crippen LogP contribution >= 0.6 is 27.7 Å². The van der Waals surface area contributed by atoms with Crippen LogP contribution in [0.3, 0.4) is 0 Å². The molecule has 8 heteroatoms. The third-order valence-electron chi connectivity index (χ3n) is 2.60. The van der Waals surface area contributed by atoms with Gasteiger partial charge in [-0.3, -0.25) is 0 Å². The Hall–Kier alpha value is -1.28. The van der Waals surface area contributed by atoms with Gasteiger partial charge in [0.25, 0.3) is 0 Å². The molecule has 0 aromatic heterocycles. The zero-order valence-electron chi connectivity index (χ0n) is 9.60. The van der Waals surface area contributed by atoms with Gasteiger partial charge in [-0.05, 0) is 18.2 Å². The molecule has 2 N–H and O–H groups in total. The number of hydrogen-bond acceptors (Lipinski definition) is 3. The number of benzene rings is 1. The molecule has 1 fully saturated rings. The lowest BCUT2D eigenvalue weighted by Crippen LogP contribution is -2.44. The lowest BCUT2D eigenvalue weighted by molar-refractivity contribution is -0.140. The Morgan fingerprint density at radius 2 is 2.26 bits per heavy atom. The second kappa shape index (κ2) is 5.79. The normalized spacial score (nSPS) is 18.4. The summed E-state index contributed by atoms with van der Waals surface area (Å²) in [5.74, 6) is -1.02. The molecule has 2 rings (SSSR count). The first-order valence-corrected chi connectivity index (χ1v) is 7.27. The van der Waals surface area contributed by atoms with Crippen molar-refractivity contribution in [1.82, 2.24) is 4.90 Å². The number of nitrogens with one attached hydrogen (secondary N) is 1. The number of carboxylic acids is 1. The van der Waals surface area contributed by atoms with E-state index >= 15 is 0 Å². The fraction of sp³-hybridized carbons (Fsp3) is 0.273. The van der Waals surface area contributed by atoms with Crippen LogP contribution in [0, 0.1) is 5.82 Å². The molecule has 2 amide bonds. The summed E-state index contributed by atoms with van der Waals surface area (Å²) < 4.78 is 14.1. The van der Waals surface area contributed by atoms with Crippen molar-refractivity contribution in [2.45, 2.75) is 6.04 Å². The average molecular weight is 349 g/mol. The van der Waals surface area contributed by atoms with Crippen molar-refractivity contribution in [2.75, 3.05) is 16.9 Å². The number of halogens is 2. The van der Waals surface area contributed by atoms with Crippen molar-refractivity contribution in [3.05, 3.63) is 28.5 Å². The number of rotatable bonds is 2. The SMILES string of the molecule is O=C(O)C1CSCN1C(=O)Nc1cc(Br)ccc1F. The predicted octanol–water partition coefficient (Wildman–Crippen LogP) is 2.58. The number of anilines is 1. The van der Waals surface area contributed by atoms with Crippen LogP contribution in [-0.2, 0) is 4.79 Å². The van der Waals surface area contributed by atoms with Gasteiger partial charge in [0.05, 0.1) is 11.6 Å². The zero-order valence-corrected chi connectivity index (χ0v) is 12.0. The summed E-state index contributed by atoms with van der Waals surface area (Å²) in [5, 5.41) is 11.4. The zero-order chi connectivity index (χ0) is 14.0. The van der Waals surface area contributed by atoms with E-state index in [1.165, 1.54) is 34.9 Å². The number of thioether (sulfide) groups is 1. The molecule has 1 aliphatic heterocycles. The molecule has 0 spiro atoms. The number of amides is 2. The summed E-state index contributed by atoms with van der Waals surface area (Å²) >= 11 is 4.52. The van der Waals surface area contributed by atoms with E-state index in [-0.39, 0.29) is 11.6 Å². The smallest absolute Gasteiger partial charge is 0.327 e. The minimum atomic E-state index is -1.06. The molecule has 0 saturated carbocycles. The van der Waals surface area contributed by atoms with Gasteiger partial charge in [-0.2, -0.15) is 0 Å². The van der Waals surface area contributed by atoms with E-state index in [0.717, 1.165) is 0 Å². The second-order valence-electron chi connectivity index (χ2n) is 3.88. The number of carbonyl (C=O) groups excluding carboxylic acids is 1. The molecular weight excluding hydrogens is 339 g/mol. The minimum Gasteiger partial charge on any atom is -0.480 e. The maximum Gasteiger partial charge on any atom is 0.327 e.